The van der Waals surface area contributed by atoms with Gasteiger partial charge in [-0.25, -0.2) is 0 Å². The molecule has 14 heteroatoms. The molecule has 0 unspecified atom stereocenters. The number of rotatable bonds is 11. The van der Waals surface area contributed by atoms with Gasteiger partial charge in [0.2, 0.25) is 0 Å². The topological polar surface area (TPSA) is 55.9 Å². The lowest BCUT2D eigenvalue weighted by atomic mass is 9.31. The van der Waals surface area contributed by atoms with Crippen LogP contribution in [0.25, 0.3) is 20.2 Å². The van der Waals surface area contributed by atoms with Crippen LogP contribution >= 0.6 is 22.7 Å². The van der Waals surface area contributed by atoms with Crippen molar-refractivity contribution in [1.82, 2.24) is 0 Å². The molecule has 0 bridgehead atoms. The van der Waals surface area contributed by atoms with Crippen LogP contribution in [-0.2, 0) is 0 Å². The Kier molecular flexibility index (Phi) is 12.9. The molecule has 111 heavy (non-hydrogen) atoms. The van der Waals surface area contributed by atoms with E-state index in [2.05, 4.69) is 127 Å². The monoisotopic (exact) mass is 1460 g/mol. The van der Waals surface area contributed by atoms with Gasteiger partial charge in [-0.05, 0) is 186 Å². The molecule has 522 valence electrons. The summed E-state index contributed by atoms with van der Waals surface area (Å²) in [7, 11) is 0. The Balaban J connectivity index is 0.823. The summed E-state index contributed by atoms with van der Waals surface area (Å²) < 4.78 is 93.0. The Morgan fingerprint density at radius 1 is 0.324 bits per heavy atom. The van der Waals surface area contributed by atoms with Crippen molar-refractivity contribution in [2.24, 2.45) is 0 Å². The molecule has 2 aromatic heterocycles. The molecular formula is C97H65B3N6O3S2. The van der Waals surface area contributed by atoms with Crippen molar-refractivity contribution >= 4 is 207 Å². The zero-order chi connectivity index (χ0) is 78.5. The van der Waals surface area contributed by atoms with Gasteiger partial charge in [0.05, 0.1) is 36.7 Å². The van der Waals surface area contributed by atoms with E-state index in [0.29, 0.717) is 68.0 Å². The second kappa shape index (κ2) is 24.8. The van der Waals surface area contributed by atoms with Gasteiger partial charge in [-0.1, -0.05) is 188 Å². The number of thiophene rings is 2. The maximum absolute atomic E-state index is 11.2. The Labute approximate surface area is 661 Å². The Bertz CT molecular complexity index is 6940. The highest BCUT2D eigenvalue weighted by Gasteiger charge is 2.51. The quantitative estimate of drug-likeness (QED) is 0.128. The highest BCUT2D eigenvalue weighted by molar-refractivity contribution is 7.34. The molecule has 0 amide bonds. The lowest BCUT2D eigenvalue weighted by molar-refractivity contribution is 0.465. The average molecular weight is 1470 g/mol. The zero-order valence-corrected chi connectivity index (χ0v) is 61.9. The van der Waals surface area contributed by atoms with Gasteiger partial charge < -0.3 is 44.0 Å². The molecule has 6 aliphatic rings. The lowest BCUT2D eigenvalue weighted by Gasteiger charge is -2.43. The summed E-state index contributed by atoms with van der Waals surface area (Å²) in [4.78, 5) is 10.5. The average Bonchev–Trinajstić information content (AvgIpc) is 1.65. The van der Waals surface area contributed by atoms with Crippen molar-refractivity contribution in [3.8, 4) is 34.5 Å². The summed E-state index contributed by atoms with van der Waals surface area (Å²) in [5, 5.41) is 5.90. The van der Waals surface area contributed by atoms with Gasteiger partial charge in [0, 0.05) is 134 Å². The minimum atomic E-state index is -0.786. The molecule has 6 aliphatic heterocycles. The third-order valence-electron chi connectivity index (χ3n) is 22.5. The van der Waals surface area contributed by atoms with Crippen molar-refractivity contribution in [3.63, 3.8) is 0 Å². The number of fused-ring (bicyclic) bond motifs is 16. The van der Waals surface area contributed by atoms with Gasteiger partial charge in [-0.15, -0.1) is 22.7 Å². The smallest absolute Gasteiger partial charge is 0.268 e. The van der Waals surface area contributed by atoms with E-state index in [9.17, 15) is 8.22 Å². The highest BCUT2D eigenvalue weighted by atomic mass is 32.1. The first kappa shape index (κ1) is 57.7. The van der Waals surface area contributed by atoms with E-state index in [1.165, 1.54) is 0 Å². The van der Waals surface area contributed by atoms with Crippen molar-refractivity contribution in [1.29, 1.82) is 0 Å². The van der Waals surface area contributed by atoms with Crippen LogP contribution in [0.1, 0.15) is 24.9 Å². The maximum atomic E-state index is 11.2. The van der Waals surface area contributed by atoms with Crippen LogP contribution in [0.4, 0.5) is 96.7 Å². The molecular weight excluding hydrogens is 1390 g/mol. The number of hydrogen-bond donors (Lipinski definition) is 1. The summed E-state index contributed by atoms with van der Waals surface area (Å²) in [6.07, 6.45) is 0. The Morgan fingerprint density at radius 3 is 1.29 bits per heavy atom. The summed E-state index contributed by atoms with van der Waals surface area (Å²) in [6.45, 7) is 4.39. The van der Waals surface area contributed by atoms with Crippen LogP contribution in [0.5, 0.6) is 34.5 Å². The summed E-state index contributed by atoms with van der Waals surface area (Å²) >= 11 is 3.38. The number of ether oxygens (including phenoxy) is 3. The second-order valence-electron chi connectivity index (χ2n) is 29.1. The SMILES string of the molecule is [2H]c1c2c3c(c([2H])c1N(c1ccccc1)c1ccccc1)N(c1ccccc1)c1c(sc4ccccc14)B3c1cc3c(cc1N2)Oc1c([2H])c(N(c2ccccc2)c2ccccc2)c([2H])c2c1B3c1cc3c(cc1O2)N(c1c(C)cc(C)cc1C)c1c([2H])c(N(c2ccccc2)c2ccccc2)c([2H])c2c1B3c1sc3ccccc3c1O2. The third kappa shape index (κ3) is 9.83. The molecule has 0 spiro atoms. The minimum Gasteiger partial charge on any atom is -0.458 e. The normalized spacial score (nSPS) is 14.0. The summed E-state index contributed by atoms with van der Waals surface area (Å²) in [5.74, 6) is 2.38. The molecule has 0 fully saturated rings. The molecule has 0 saturated carbocycles. The third-order valence-corrected chi connectivity index (χ3v) is 24.9. The number of hydrogen-bond acceptors (Lipinski definition) is 11. The van der Waals surface area contributed by atoms with Gasteiger partial charge in [-0.2, -0.15) is 0 Å². The highest BCUT2D eigenvalue weighted by Crippen LogP contribution is 2.54. The number of benzene rings is 15. The molecule has 15 aromatic carbocycles. The molecule has 1 N–H and O–H groups in total. The molecule has 17 aromatic rings. The molecule has 0 atom stereocenters. The van der Waals surface area contributed by atoms with Crippen molar-refractivity contribution in [2.75, 3.05) is 29.8 Å². The maximum Gasteiger partial charge on any atom is 0.268 e. The largest absolute Gasteiger partial charge is 0.458 e. The molecule has 0 radical (unpaired) electrons. The van der Waals surface area contributed by atoms with E-state index in [4.69, 9.17) is 14.2 Å². The second-order valence-corrected chi connectivity index (χ2v) is 31.3. The fourth-order valence-electron chi connectivity index (χ4n) is 18.1. The van der Waals surface area contributed by atoms with E-state index in [-0.39, 0.29) is 53.4 Å². The van der Waals surface area contributed by atoms with Crippen LogP contribution in [-0.4, -0.2) is 20.1 Å². The van der Waals surface area contributed by atoms with Crippen LogP contribution in [0.15, 0.2) is 334 Å². The number of aryl methyl sites for hydroxylation is 3. The van der Waals surface area contributed by atoms with E-state index in [0.717, 1.165) is 131 Å². The van der Waals surface area contributed by atoms with Crippen LogP contribution in [0.2, 0.25) is 0 Å². The first-order valence-corrected chi connectivity index (χ1v) is 39.1. The fourth-order valence-corrected chi connectivity index (χ4v) is 20.6. The number of nitrogens with one attached hydrogen (secondary N) is 1. The van der Waals surface area contributed by atoms with E-state index < -0.39 is 20.1 Å². The summed E-state index contributed by atoms with van der Waals surface area (Å²) in [6, 6.07) is 100. The van der Waals surface area contributed by atoms with Crippen molar-refractivity contribution < 1.29 is 22.4 Å². The summed E-state index contributed by atoms with van der Waals surface area (Å²) in [5.41, 5.74) is 19.7. The van der Waals surface area contributed by atoms with Gasteiger partial charge >= 0.3 is 0 Å². The first-order valence-electron chi connectivity index (χ1n) is 40.5. The van der Waals surface area contributed by atoms with E-state index in [1.54, 1.807) is 22.7 Å². The predicted molar refractivity (Wildman–Crippen MR) is 468 cm³/mol. The van der Waals surface area contributed by atoms with Crippen molar-refractivity contribution in [2.45, 2.75) is 20.8 Å². The lowest BCUT2D eigenvalue weighted by Crippen LogP contribution is -2.64. The van der Waals surface area contributed by atoms with Gasteiger partial charge in [0.1, 0.15) is 34.5 Å². The van der Waals surface area contributed by atoms with Crippen molar-refractivity contribution in [3.05, 3.63) is 350 Å². The number of nitrogens with zero attached hydrogens (tertiary/aromatic N) is 5. The molecule has 0 saturated heterocycles. The van der Waals surface area contributed by atoms with Crippen LogP contribution < -0.4 is 91.8 Å². The molecule has 0 aliphatic carbocycles. The van der Waals surface area contributed by atoms with Crippen LogP contribution in [0.3, 0.4) is 0 Å². The van der Waals surface area contributed by atoms with Crippen LogP contribution in [0, 0.1) is 20.8 Å². The molecule has 23 rings (SSSR count). The molecule has 8 heterocycles. The number of para-hydroxylation sites is 7. The van der Waals surface area contributed by atoms with Gasteiger partial charge in [-0.3, -0.25) is 0 Å². The number of anilines is 17. The first-order chi connectivity index (χ1) is 57.3. The van der Waals surface area contributed by atoms with E-state index in [1.807, 2.05) is 221 Å². The zero-order valence-electron chi connectivity index (χ0n) is 66.3. The van der Waals surface area contributed by atoms with Gasteiger partial charge in [0.25, 0.3) is 20.1 Å². The fraction of sp³-hybridized carbons (Fsp3) is 0.0309. The van der Waals surface area contributed by atoms with E-state index >= 15 is 0 Å². The van der Waals surface area contributed by atoms with Gasteiger partial charge in [0.15, 0.2) is 0 Å². The molecule has 9 nitrogen and oxygen atoms in total. The standard InChI is InChI=1S/C97H65B3N6O3S2/c1-59-47-60(2)93(61(3)48-59)106-80-58-84-77(56-75(80)100-91-82(106)51-70(103(64-33-15-6-16-34-64)65-35-17-7-18-36-65)52-85(91)109-95-73-44-26-28-46-89(73)111-97(95)100)98-76-55-74-78(57-83(76)107-86-53-71(54-87(108-84)92(86)98)104(66-37-19-8-20-38-66)67-39-21-9-22-40-67)101-79-49-69(102(62-29-11-4-12-30-62)63-31-13-5-14-32-63)50-81-90(79)99(74)96-94(72-43-25-27-45-88(72)110-96)105(81)68-41-23-10-24-42-68/h4-58,101H,1-3H3/i49D,50D,51D,52D,53D,54D. The Hall–Kier alpha value is -13.4. The predicted octanol–water partition coefficient (Wildman–Crippen LogP) is 20.9. The minimum absolute atomic E-state index is 0.0184. The Morgan fingerprint density at radius 2 is 0.748 bits per heavy atom.